The maximum absolute atomic E-state index is 13.8. The molecule has 1 aromatic rings. The maximum Gasteiger partial charge on any atom is 0.129 e. The van der Waals surface area contributed by atoms with Gasteiger partial charge in [0, 0.05) is 12.1 Å². The Balaban J connectivity index is 1.69. The van der Waals surface area contributed by atoms with Crippen molar-refractivity contribution in [3.63, 3.8) is 0 Å². The highest BCUT2D eigenvalue weighted by atomic mass is 19.1. The second-order valence-corrected chi connectivity index (χ2v) is 6.34. The summed E-state index contributed by atoms with van der Waals surface area (Å²) in [7, 11) is 0. The number of benzene rings is 1. The van der Waals surface area contributed by atoms with E-state index in [0.29, 0.717) is 23.9 Å². The van der Waals surface area contributed by atoms with Gasteiger partial charge in [-0.3, -0.25) is 0 Å². The molecule has 1 N–H and O–H groups in total. The van der Waals surface area contributed by atoms with E-state index in [0.717, 1.165) is 30.9 Å². The van der Waals surface area contributed by atoms with E-state index in [9.17, 15) is 8.78 Å². The third kappa shape index (κ3) is 2.73. The fourth-order valence-corrected chi connectivity index (χ4v) is 4.07. The van der Waals surface area contributed by atoms with Crippen LogP contribution in [0.25, 0.3) is 0 Å². The van der Waals surface area contributed by atoms with Gasteiger partial charge in [0.15, 0.2) is 0 Å². The van der Waals surface area contributed by atoms with Gasteiger partial charge in [-0.2, -0.15) is 0 Å². The lowest BCUT2D eigenvalue weighted by Crippen LogP contribution is -2.35. The molecule has 1 nitrogen and oxygen atoms in total. The Kier molecular flexibility index (Phi) is 4.06. The van der Waals surface area contributed by atoms with Crippen LogP contribution in [0.4, 0.5) is 8.78 Å². The number of hydrogen-bond donors (Lipinski definition) is 1. The molecule has 2 fully saturated rings. The molecule has 1 aromatic carbocycles. The molecular formula is C17H23F2N. The molecule has 0 amide bonds. The number of hydrogen-bond acceptors (Lipinski definition) is 1. The molecule has 3 heteroatoms. The maximum atomic E-state index is 13.8. The number of nitrogens with one attached hydrogen (secondary N) is 1. The smallest absolute Gasteiger partial charge is 0.129 e. The first-order chi connectivity index (χ1) is 9.70. The van der Waals surface area contributed by atoms with Gasteiger partial charge in [-0.15, -0.1) is 0 Å². The summed E-state index contributed by atoms with van der Waals surface area (Å²) in [5, 5.41) is 3.59. The van der Waals surface area contributed by atoms with Crippen molar-refractivity contribution in [1.29, 1.82) is 0 Å². The van der Waals surface area contributed by atoms with Gasteiger partial charge >= 0.3 is 0 Å². The average molecular weight is 279 g/mol. The summed E-state index contributed by atoms with van der Waals surface area (Å²) in [5.74, 6) is 1.52. The van der Waals surface area contributed by atoms with Crippen LogP contribution in [0.15, 0.2) is 18.2 Å². The molecular weight excluding hydrogens is 256 g/mol. The Hall–Kier alpha value is -0.960. The normalized spacial score (nSPS) is 29.2. The van der Waals surface area contributed by atoms with Gasteiger partial charge in [0.25, 0.3) is 0 Å². The third-order valence-corrected chi connectivity index (χ3v) is 5.05. The summed E-state index contributed by atoms with van der Waals surface area (Å²) >= 11 is 0. The lowest BCUT2D eigenvalue weighted by atomic mass is 9.96. The van der Waals surface area contributed by atoms with Crippen molar-refractivity contribution in [3.05, 3.63) is 35.4 Å². The van der Waals surface area contributed by atoms with E-state index >= 15 is 0 Å². The minimum Gasteiger partial charge on any atom is -0.313 e. The zero-order valence-corrected chi connectivity index (χ0v) is 12.0. The predicted molar refractivity (Wildman–Crippen MR) is 76.5 cm³/mol. The van der Waals surface area contributed by atoms with E-state index in [4.69, 9.17) is 0 Å². The highest BCUT2D eigenvalue weighted by Crippen LogP contribution is 2.59. The molecule has 0 spiro atoms. The summed E-state index contributed by atoms with van der Waals surface area (Å²) < 4.78 is 26.8. The molecule has 2 aliphatic carbocycles. The summed E-state index contributed by atoms with van der Waals surface area (Å²) in [4.78, 5) is 0. The van der Waals surface area contributed by atoms with Crippen LogP contribution in [-0.4, -0.2) is 12.6 Å². The van der Waals surface area contributed by atoms with E-state index in [-0.39, 0.29) is 0 Å². The standard InChI is InChI=1S/C17H23F2N/c1-2-8-20-16(17-13-4-3-5-14(13)17)9-11-6-7-12(18)10-15(11)19/h6-7,10,13-14,16-17,20H,2-5,8-9H2,1H3. The monoisotopic (exact) mass is 279 g/mol. The van der Waals surface area contributed by atoms with Crippen LogP contribution in [0.3, 0.4) is 0 Å². The Labute approximate surface area is 119 Å². The number of rotatable bonds is 6. The number of fused-ring (bicyclic) bond motifs is 1. The molecule has 3 atom stereocenters. The van der Waals surface area contributed by atoms with Crippen molar-refractivity contribution in [1.82, 2.24) is 5.32 Å². The lowest BCUT2D eigenvalue weighted by Gasteiger charge is -2.21. The van der Waals surface area contributed by atoms with Crippen molar-refractivity contribution in [3.8, 4) is 0 Å². The van der Waals surface area contributed by atoms with Crippen molar-refractivity contribution < 1.29 is 8.78 Å². The van der Waals surface area contributed by atoms with Crippen LogP contribution in [0.1, 0.15) is 38.2 Å². The molecule has 0 heterocycles. The molecule has 3 unspecified atom stereocenters. The van der Waals surface area contributed by atoms with Crippen molar-refractivity contribution in [2.75, 3.05) is 6.54 Å². The molecule has 0 aliphatic heterocycles. The van der Waals surface area contributed by atoms with Crippen molar-refractivity contribution >= 4 is 0 Å². The van der Waals surface area contributed by atoms with Gasteiger partial charge < -0.3 is 5.32 Å². The van der Waals surface area contributed by atoms with Gasteiger partial charge in [-0.1, -0.05) is 19.4 Å². The van der Waals surface area contributed by atoms with Gasteiger partial charge in [-0.05, 0) is 61.6 Å². The minimum absolute atomic E-state index is 0.352. The molecule has 2 aliphatic rings. The Morgan fingerprint density at radius 2 is 2.00 bits per heavy atom. The van der Waals surface area contributed by atoms with Gasteiger partial charge in [0.05, 0.1) is 0 Å². The SMILES string of the molecule is CCCNC(Cc1ccc(F)cc1F)C1C2CCCC21. The largest absolute Gasteiger partial charge is 0.313 e. The second kappa shape index (κ2) is 5.80. The van der Waals surface area contributed by atoms with Crippen LogP contribution < -0.4 is 5.32 Å². The van der Waals surface area contributed by atoms with Gasteiger partial charge in [0.1, 0.15) is 11.6 Å². The van der Waals surface area contributed by atoms with E-state index in [1.807, 2.05) is 0 Å². The van der Waals surface area contributed by atoms with Crippen LogP contribution in [0, 0.1) is 29.4 Å². The first-order valence-corrected chi connectivity index (χ1v) is 7.88. The zero-order chi connectivity index (χ0) is 14.1. The molecule has 0 radical (unpaired) electrons. The van der Waals surface area contributed by atoms with E-state index < -0.39 is 11.6 Å². The fourth-order valence-electron chi connectivity index (χ4n) is 4.07. The van der Waals surface area contributed by atoms with Gasteiger partial charge in [0.2, 0.25) is 0 Å². The molecule has 0 bridgehead atoms. The van der Waals surface area contributed by atoms with E-state index in [1.165, 1.54) is 25.3 Å². The van der Waals surface area contributed by atoms with Crippen LogP contribution in [0.5, 0.6) is 0 Å². The Bertz CT molecular complexity index is 464. The molecule has 2 saturated carbocycles. The molecule has 110 valence electrons. The third-order valence-electron chi connectivity index (χ3n) is 5.05. The van der Waals surface area contributed by atoms with Crippen LogP contribution in [0.2, 0.25) is 0 Å². The molecule has 3 rings (SSSR count). The summed E-state index contributed by atoms with van der Waals surface area (Å²) in [5.41, 5.74) is 0.643. The predicted octanol–water partition coefficient (Wildman–Crippen LogP) is 3.92. The molecule has 0 saturated heterocycles. The topological polar surface area (TPSA) is 12.0 Å². The lowest BCUT2D eigenvalue weighted by molar-refractivity contribution is 0.398. The summed E-state index contributed by atoms with van der Waals surface area (Å²) in [6, 6.07) is 4.32. The van der Waals surface area contributed by atoms with Gasteiger partial charge in [-0.25, -0.2) is 8.78 Å². The fraction of sp³-hybridized carbons (Fsp3) is 0.647. The van der Waals surface area contributed by atoms with E-state index in [2.05, 4.69) is 12.2 Å². The summed E-state index contributed by atoms with van der Waals surface area (Å²) in [6.45, 7) is 3.12. The van der Waals surface area contributed by atoms with E-state index in [1.54, 1.807) is 6.07 Å². The molecule has 20 heavy (non-hydrogen) atoms. The quantitative estimate of drug-likeness (QED) is 0.832. The van der Waals surface area contributed by atoms with Crippen molar-refractivity contribution in [2.24, 2.45) is 17.8 Å². The summed E-state index contributed by atoms with van der Waals surface area (Å²) in [6.07, 6.45) is 5.81. The average Bonchev–Trinajstić information content (AvgIpc) is 2.90. The Morgan fingerprint density at radius 3 is 2.65 bits per heavy atom. The first-order valence-electron chi connectivity index (χ1n) is 7.88. The van der Waals surface area contributed by atoms with Crippen molar-refractivity contribution in [2.45, 2.75) is 45.1 Å². The molecule has 0 aromatic heterocycles. The van der Waals surface area contributed by atoms with Crippen LogP contribution >= 0.6 is 0 Å². The Morgan fingerprint density at radius 1 is 1.25 bits per heavy atom. The van der Waals surface area contributed by atoms with Crippen LogP contribution in [-0.2, 0) is 6.42 Å². The highest BCUT2D eigenvalue weighted by molar-refractivity contribution is 5.21. The second-order valence-electron chi connectivity index (χ2n) is 6.34. The highest BCUT2D eigenvalue weighted by Gasteiger charge is 2.55. The zero-order valence-electron chi connectivity index (χ0n) is 12.0. The number of halogens is 2. The minimum atomic E-state index is -0.493. The first kappa shape index (κ1) is 14.0.